The average Bonchev–Trinajstić information content (AvgIpc) is 2.53. The number of rotatable bonds is 7. The largest absolute Gasteiger partial charge is 0.465 e. The molecule has 4 nitrogen and oxygen atoms in total. The average molecular weight is 310 g/mol. The standard InChI is InChI=1S/C18H30O4/c1-3-20-17(19)18(10-6-8-15(2)14-18)11-7-13-22-16-9-4-5-12-21-16/h14,16H,3-13H2,1-2H3. The zero-order chi connectivity index (χ0) is 15.8. The van der Waals surface area contributed by atoms with Crippen LogP contribution >= 0.6 is 0 Å². The van der Waals surface area contributed by atoms with Gasteiger partial charge in [-0.1, -0.05) is 11.6 Å². The van der Waals surface area contributed by atoms with E-state index in [1.165, 1.54) is 12.0 Å². The monoisotopic (exact) mass is 310 g/mol. The summed E-state index contributed by atoms with van der Waals surface area (Å²) >= 11 is 0. The summed E-state index contributed by atoms with van der Waals surface area (Å²) in [6, 6.07) is 0. The Bertz CT molecular complexity index is 385. The van der Waals surface area contributed by atoms with E-state index in [1.807, 2.05) is 6.92 Å². The SMILES string of the molecule is CCOC(=O)C1(CCCOC2CCCCO2)C=C(C)CCC1. The zero-order valence-corrected chi connectivity index (χ0v) is 14.1. The van der Waals surface area contributed by atoms with Crippen molar-refractivity contribution in [2.24, 2.45) is 5.41 Å². The highest BCUT2D eigenvalue weighted by atomic mass is 16.7. The Kier molecular flexibility index (Phi) is 6.90. The summed E-state index contributed by atoms with van der Waals surface area (Å²) in [5, 5.41) is 0. The Labute approximate surface area is 134 Å². The van der Waals surface area contributed by atoms with Gasteiger partial charge in [-0.15, -0.1) is 0 Å². The third kappa shape index (κ3) is 4.82. The molecule has 126 valence electrons. The molecule has 0 bridgehead atoms. The van der Waals surface area contributed by atoms with E-state index in [-0.39, 0.29) is 12.3 Å². The van der Waals surface area contributed by atoms with Crippen molar-refractivity contribution in [3.8, 4) is 0 Å². The second-order valence-electron chi connectivity index (χ2n) is 6.49. The van der Waals surface area contributed by atoms with E-state index in [4.69, 9.17) is 14.2 Å². The minimum absolute atomic E-state index is 0.0454. The molecule has 0 aromatic rings. The van der Waals surface area contributed by atoms with Crippen LogP contribution in [0.25, 0.3) is 0 Å². The second-order valence-corrected chi connectivity index (χ2v) is 6.49. The van der Waals surface area contributed by atoms with Crippen molar-refractivity contribution in [3.05, 3.63) is 11.6 Å². The first kappa shape index (κ1) is 17.5. The van der Waals surface area contributed by atoms with Crippen LogP contribution < -0.4 is 0 Å². The molecule has 2 rings (SSSR count). The first-order valence-corrected chi connectivity index (χ1v) is 8.75. The lowest BCUT2D eigenvalue weighted by molar-refractivity contribution is -0.165. The zero-order valence-electron chi connectivity index (χ0n) is 14.1. The summed E-state index contributed by atoms with van der Waals surface area (Å²) in [5.41, 5.74) is 0.866. The maximum Gasteiger partial charge on any atom is 0.315 e. The summed E-state index contributed by atoms with van der Waals surface area (Å²) < 4.78 is 16.7. The number of carbonyl (C=O) groups excluding carboxylic acids is 1. The van der Waals surface area contributed by atoms with Crippen molar-refractivity contribution in [3.63, 3.8) is 0 Å². The fourth-order valence-corrected chi connectivity index (χ4v) is 3.48. The van der Waals surface area contributed by atoms with Crippen molar-refractivity contribution in [2.45, 2.75) is 71.5 Å². The predicted octanol–water partition coefficient (Wildman–Crippen LogP) is 3.99. The van der Waals surface area contributed by atoms with Crippen LogP contribution in [0.4, 0.5) is 0 Å². The van der Waals surface area contributed by atoms with E-state index in [1.54, 1.807) is 0 Å². The Hall–Kier alpha value is -0.870. The van der Waals surface area contributed by atoms with E-state index in [0.717, 1.165) is 51.6 Å². The molecule has 0 aromatic heterocycles. The molecule has 0 radical (unpaired) electrons. The lowest BCUT2D eigenvalue weighted by Crippen LogP contribution is -2.34. The van der Waals surface area contributed by atoms with E-state index < -0.39 is 5.41 Å². The molecule has 1 heterocycles. The van der Waals surface area contributed by atoms with Crippen LogP contribution in [0.3, 0.4) is 0 Å². The van der Waals surface area contributed by atoms with E-state index in [9.17, 15) is 4.79 Å². The summed E-state index contributed by atoms with van der Waals surface area (Å²) in [7, 11) is 0. The molecule has 0 amide bonds. The van der Waals surface area contributed by atoms with Gasteiger partial charge in [0, 0.05) is 13.2 Å². The third-order valence-corrected chi connectivity index (χ3v) is 4.61. The fraction of sp³-hybridized carbons (Fsp3) is 0.833. The summed E-state index contributed by atoms with van der Waals surface area (Å²) in [5.74, 6) is -0.0667. The summed E-state index contributed by atoms with van der Waals surface area (Å²) in [4.78, 5) is 12.4. The molecule has 2 aliphatic rings. The topological polar surface area (TPSA) is 44.8 Å². The highest BCUT2D eigenvalue weighted by molar-refractivity contribution is 5.79. The number of hydrogen-bond acceptors (Lipinski definition) is 4. The van der Waals surface area contributed by atoms with Crippen LogP contribution in [0, 0.1) is 5.41 Å². The lowest BCUT2D eigenvalue weighted by Gasteiger charge is -2.32. The van der Waals surface area contributed by atoms with Gasteiger partial charge in [0.15, 0.2) is 6.29 Å². The highest BCUT2D eigenvalue weighted by Gasteiger charge is 2.38. The van der Waals surface area contributed by atoms with Crippen LogP contribution in [0.2, 0.25) is 0 Å². The highest BCUT2D eigenvalue weighted by Crippen LogP contribution is 2.39. The second kappa shape index (κ2) is 8.68. The molecule has 1 fully saturated rings. The maximum absolute atomic E-state index is 12.4. The van der Waals surface area contributed by atoms with Crippen molar-refractivity contribution in [1.82, 2.24) is 0 Å². The summed E-state index contributed by atoms with van der Waals surface area (Å²) in [6.07, 6.45) is 10.1. The molecule has 2 atom stereocenters. The van der Waals surface area contributed by atoms with Gasteiger partial charge in [-0.3, -0.25) is 4.79 Å². The number of hydrogen-bond donors (Lipinski definition) is 0. The minimum atomic E-state index is -0.435. The number of carbonyl (C=O) groups is 1. The molecule has 4 heteroatoms. The van der Waals surface area contributed by atoms with Gasteiger partial charge in [-0.2, -0.15) is 0 Å². The molecule has 0 saturated carbocycles. The maximum atomic E-state index is 12.4. The van der Waals surface area contributed by atoms with Gasteiger partial charge < -0.3 is 14.2 Å². The van der Waals surface area contributed by atoms with Crippen molar-refractivity contribution >= 4 is 5.97 Å². The molecular formula is C18H30O4. The van der Waals surface area contributed by atoms with Crippen LogP contribution in [0.5, 0.6) is 0 Å². The van der Waals surface area contributed by atoms with Crippen LogP contribution in [-0.2, 0) is 19.0 Å². The molecule has 0 aromatic carbocycles. The van der Waals surface area contributed by atoms with Crippen molar-refractivity contribution in [1.29, 1.82) is 0 Å². The number of allylic oxidation sites excluding steroid dienone is 1. The Morgan fingerprint density at radius 3 is 2.95 bits per heavy atom. The van der Waals surface area contributed by atoms with Crippen LogP contribution in [-0.4, -0.2) is 32.1 Å². The van der Waals surface area contributed by atoms with Gasteiger partial charge in [-0.25, -0.2) is 0 Å². The molecule has 1 aliphatic carbocycles. The van der Waals surface area contributed by atoms with E-state index in [0.29, 0.717) is 13.2 Å². The summed E-state index contributed by atoms with van der Waals surface area (Å²) in [6.45, 7) is 5.88. The smallest absolute Gasteiger partial charge is 0.315 e. The van der Waals surface area contributed by atoms with Gasteiger partial charge in [0.1, 0.15) is 0 Å². The van der Waals surface area contributed by atoms with Gasteiger partial charge in [0.25, 0.3) is 0 Å². The molecule has 0 N–H and O–H groups in total. The van der Waals surface area contributed by atoms with Crippen LogP contribution in [0.15, 0.2) is 11.6 Å². The Morgan fingerprint density at radius 1 is 1.41 bits per heavy atom. The normalized spacial score (nSPS) is 29.0. The lowest BCUT2D eigenvalue weighted by atomic mass is 9.73. The van der Waals surface area contributed by atoms with Gasteiger partial charge >= 0.3 is 5.97 Å². The molecule has 1 saturated heterocycles. The van der Waals surface area contributed by atoms with Crippen molar-refractivity contribution < 1.29 is 19.0 Å². The van der Waals surface area contributed by atoms with Gasteiger partial charge in [0.05, 0.1) is 12.0 Å². The molecule has 1 aliphatic heterocycles. The van der Waals surface area contributed by atoms with E-state index in [2.05, 4.69) is 13.0 Å². The third-order valence-electron chi connectivity index (χ3n) is 4.61. The predicted molar refractivity (Wildman–Crippen MR) is 85.5 cm³/mol. The quantitative estimate of drug-likeness (QED) is 0.405. The van der Waals surface area contributed by atoms with Crippen LogP contribution in [0.1, 0.15) is 65.2 Å². The molecule has 22 heavy (non-hydrogen) atoms. The fourth-order valence-electron chi connectivity index (χ4n) is 3.48. The molecular weight excluding hydrogens is 280 g/mol. The minimum Gasteiger partial charge on any atom is -0.465 e. The number of ether oxygens (including phenoxy) is 3. The number of esters is 1. The van der Waals surface area contributed by atoms with E-state index >= 15 is 0 Å². The van der Waals surface area contributed by atoms with Crippen molar-refractivity contribution in [2.75, 3.05) is 19.8 Å². The Morgan fingerprint density at radius 2 is 2.27 bits per heavy atom. The first-order chi connectivity index (χ1) is 10.7. The first-order valence-electron chi connectivity index (χ1n) is 8.75. The molecule has 2 unspecified atom stereocenters. The Balaban J connectivity index is 1.84. The van der Waals surface area contributed by atoms with Gasteiger partial charge in [-0.05, 0) is 65.2 Å². The molecule has 0 spiro atoms. The van der Waals surface area contributed by atoms with Gasteiger partial charge in [0.2, 0.25) is 0 Å².